The Bertz CT molecular complexity index is 724. The SMILES string of the molecule is CNc1ccc2[nH]c(=O)c3[nH]ccc3c2c1. The second-order valence-corrected chi connectivity index (χ2v) is 3.73. The summed E-state index contributed by atoms with van der Waals surface area (Å²) in [5.74, 6) is 0. The van der Waals surface area contributed by atoms with E-state index in [1.807, 2.05) is 31.3 Å². The zero-order chi connectivity index (χ0) is 11.1. The fourth-order valence-electron chi connectivity index (χ4n) is 2.00. The Morgan fingerprint density at radius 2 is 2.06 bits per heavy atom. The number of pyridine rings is 1. The lowest BCUT2D eigenvalue weighted by Gasteiger charge is -2.03. The van der Waals surface area contributed by atoms with Gasteiger partial charge in [0.25, 0.3) is 5.56 Å². The topological polar surface area (TPSA) is 60.7 Å². The van der Waals surface area contributed by atoms with Crippen LogP contribution in [0.2, 0.25) is 0 Å². The molecule has 0 saturated carbocycles. The second-order valence-electron chi connectivity index (χ2n) is 3.73. The van der Waals surface area contributed by atoms with Crippen LogP contribution in [-0.4, -0.2) is 17.0 Å². The molecule has 0 aliphatic heterocycles. The van der Waals surface area contributed by atoms with Crippen LogP contribution in [0.3, 0.4) is 0 Å². The maximum Gasteiger partial charge on any atom is 0.272 e. The van der Waals surface area contributed by atoms with Crippen molar-refractivity contribution in [3.8, 4) is 0 Å². The summed E-state index contributed by atoms with van der Waals surface area (Å²) in [7, 11) is 1.88. The van der Waals surface area contributed by atoms with Gasteiger partial charge >= 0.3 is 0 Å². The molecule has 0 fully saturated rings. The molecule has 3 N–H and O–H groups in total. The quantitative estimate of drug-likeness (QED) is 0.579. The molecule has 0 aliphatic rings. The van der Waals surface area contributed by atoms with Crippen molar-refractivity contribution < 1.29 is 0 Å². The van der Waals surface area contributed by atoms with E-state index in [1.165, 1.54) is 0 Å². The van der Waals surface area contributed by atoms with E-state index in [0.717, 1.165) is 22.0 Å². The van der Waals surface area contributed by atoms with Gasteiger partial charge in [0.15, 0.2) is 0 Å². The number of anilines is 1. The number of aromatic nitrogens is 2. The lowest BCUT2D eigenvalue weighted by atomic mass is 10.1. The summed E-state index contributed by atoms with van der Waals surface area (Å²) >= 11 is 0. The van der Waals surface area contributed by atoms with Gasteiger partial charge in [0.1, 0.15) is 5.52 Å². The van der Waals surface area contributed by atoms with Gasteiger partial charge in [0.05, 0.1) is 0 Å². The largest absolute Gasteiger partial charge is 0.388 e. The molecule has 2 aromatic heterocycles. The molecule has 1 aromatic carbocycles. The molecule has 4 heteroatoms. The fraction of sp³-hybridized carbons (Fsp3) is 0.0833. The third-order valence-corrected chi connectivity index (χ3v) is 2.82. The predicted molar refractivity (Wildman–Crippen MR) is 66.0 cm³/mol. The van der Waals surface area contributed by atoms with Crippen molar-refractivity contribution >= 4 is 27.5 Å². The minimum Gasteiger partial charge on any atom is -0.388 e. The van der Waals surface area contributed by atoms with Crippen molar-refractivity contribution in [2.45, 2.75) is 0 Å². The normalized spacial score (nSPS) is 11.1. The van der Waals surface area contributed by atoms with E-state index < -0.39 is 0 Å². The summed E-state index contributed by atoms with van der Waals surface area (Å²) in [4.78, 5) is 17.5. The molecular formula is C12H11N3O. The molecule has 0 saturated heterocycles. The van der Waals surface area contributed by atoms with Crippen LogP contribution in [0.15, 0.2) is 35.3 Å². The van der Waals surface area contributed by atoms with Crippen molar-refractivity contribution in [2.75, 3.05) is 12.4 Å². The number of aromatic amines is 2. The molecule has 0 radical (unpaired) electrons. The van der Waals surface area contributed by atoms with Crippen LogP contribution in [-0.2, 0) is 0 Å². The standard InChI is InChI=1S/C12H11N3O/c1-13-7-2-3-10-9(6-7)8-4-5-14-11(8)12(16)15-10/h2-6,13-14H,1H3,(H,15,16). The smallest absolute Gasteiger partial charge is 0.272 e. The summed E-state index contributed by atoms with van der Waals surface area (Å²) < 4.78 is 0. The first-order valence-electron chi connectivity index (χ1n) is 5.10. The molecule has 3 rings (SSSR count). The minimum atomic E-state index is -0.0790. The molecule has 0 unspecified atom stereocenters. The first-order valence-corrected chi connectivity index (χ1v) is 5.10. The average Bonchev–Trinajstić information content (AvgIpc) is 2.78. The van der Waals surface area contributed by atoms with Crippen LogP contribution in [0.4, 0.5) is 5.69 Å². The van der Waals surface area contributed by atoms with E-state index in [4.69, 9.17) is 0 Å². The van der Waals surface area contributed by atoms with E-state index in [9.17, 15) is 4.79 Å². The number of hydrogen-bond donors (Lipinski definition) is 3. The third-order valence-electron chi connectivity index (χ3n) is 2.82. The number of H-pyrrole nitrogens is 2. The highest BCUT2D eigenvalue weighted by Gasteiger charge is 2.05. The van der Waals surface area contributed by atoms with Gasteiger partial charge in [0, 0.05) is 35.2 Å². The Labute approximate surface area is 91.3 Å². The number of hydrogen-bond acceptors (Lipinski definition) is 2. The highest BCUT2D eigenvalue weighted by atomic mass is 16.1. The first-order chi connectivity index (χ1) is 7.79. The zero-order valence-electron chi connectivity index (χ0n) is 8.79. The van der Waals surface area contributed by atoms with Crippen molar-refractivity contribution in [3.63, 3.8) is 0 Å². The highest BCUT2D eigenvalue weighted by Crippen LogP contribution is 2.23. The van der Waals surface area contributed by atoms with Gasteiger partial charge in [-0.2, -0.15) is 0 Å². The molecule has 0 aliphatic carbocycles. The van der Waals surface area contributed by atoms with E-state index in [-0.39, 0.29) is 5.56 Å². The van der Waals surface area contributed by atoms with Crippen LogP contribution < -0.4 is 10.9 Å². The Kier molecular flexibility index (Phi) is 1.77. The van der Waals surface area contributed by atoms with Gasteiger partial charge in [-0.05, 0) is 24.3 Å². The molecule has 0 spiro atoms. The summed E-state index contributed by atoms with van der Waals surface area (Å²) in [6, 6.07) is 7.81. The Morgan fingerprint density at radius 1 is 1.19 bits per heavy atom. The molecule has 0 amide bonds. The van der Waals surface area contributed by atoms with Crippen LogP contribution in [0, 0.1) is 0 Å². The zero-order valence-corrected chi connectivity index (χ0v) is 8.79. The van der Waals surface area contributed by atoms with Crippen LogP contribution in [0.1, 0.15) is 0 Å². The van der Waals surface area contributed by atoms with Crippen LogP contribution in [0.5, 0.6) is 0 Å². The maximum atomic E-state index is 11.7. The van der Waals surface area contributed by atoms with Crippen molar-refractivity contribution in [3.05, 3.63) is 40.8 Å². The molecule has 3 aromatic rings. The molecule has 0 atom stereocenters. The molecule has 2 heterocycles. The first kappa shape index (κ1) is 9.03. The number of nitrogens with one attached hydrogen (secondary N) is 3. The predicted octanol–water partition coefficient (Wildman–Crippen LogP) is 2.05. The van der Waals surface area contributed by atoms with Gasteiger partial charge in [-0.3, -0.25) is 4.79 Å². The minimum absolute atomic E-state index is 0.0790. The monoisotopic (exact) mass is 213 g/mol. The Hall–Kier alpha value is -2.23. The lowest BCUT2D eigenvalue weighted by Crippen LogP contribution is -2.06. The Balaban J connectivity index is 2.55. The third kappa shape index (κ3) is 1.13. The van der Waals surface area contributed by atoms with Crippen LogP contribution in [0.25, 0.3) is 21.8 Å². The van der Waals surface area contributed by atoms with Gasteiger partial charge in [-0.15, -0.1) is 0 Å². The van der Waals surface area contributed by atoms with Crippen molar-refractivity contribution in [1.29, 1.82) is 0 Å². The average molecular weight is 213 g/mol. The van der Waals surface area contributed by atoms with E-state index in [1.54, 1.807) is 6.20 Å². The maximum absolute atomic E-state index is 11.7. The number of fused-ring (bicyclic) bond motifs is 3. The molecule has 0 bridgehead atoms. The lowest BCUT2D eigenvalue weighted by molar-refractivity contribution is 1.31. The van der Waals surface area contributed by atoms with Gasteiger partial charge in [0.2, 0.25) is 0 Å². The van der Waals surface area contributed by atoms with Crippen molar-refractivity contribution in [2.24, 2.45) is 0 Å². The molecule has 16 heavy (non-hydrogen) atoms. The second kappa shape index (κ2) is 3.13. The van der Waals surface area contributed by atoms with E-state index in [2.05, 4.69) is 15.3 Å². The molecule has 80 valence electrons. The van der Waals surface area contributed by atoms with E-state index >= 15 is 0 Å². The number of rotatable bonds is 1. The molecule has 4 nitrogen and oxygen atoms in total. The molecular weight excluding hydrogens is 202 g/mol. The fourth-order valence-corrected chi connectivity index (χ4v) is 2.00. The van der Waals surface area contributed by atoms with Gasteiger partial charge in [-0.25, -0.2) is 0 Å². The van der Waals surface area contributed by atoms with E-state index in [0.29, 0.717) is 5.52 Å². The summed E-state index contributed by atoms with van der Waals surface area (Å²) in [6.45, 7) is 0. The van der Waals surface area contributed by atoms with Crippen molar-refractivity contribution in [1.82, 2.24) is 9.97 Å². The van der Waals surface area contributed by atoms with Crippen LogP contribution >= 0.6 is 0 Å². The summed E-state index contributed by atoms with van der Waals surface area (Å²) in [5, 5.41) is 5.09. The number of benzene rings is 1. The van der Waals surface area contributed by atoms with Gasteiger partial charge < -0.3 is 15.3 Å². The summed E-state index contributed by atoms with van der Waals surface area (Å²) in [5.41, 5.74) is 2.43. The Morgan fingerprint density at radius 3 is 2.88 bits per heavy atom. The highest BCUT2D eigenvalue weighted by molar-refractivity contribution is 6.05. The summed E-state index contributed by atoms with van der Waals surface area (Å²) in [6.07, 6.45) is 1.78. The van der Waals surface area contributed by atoms with Gasteiger partial charge in [-0.1, -0.05) is 0 Å².